The van der Waals surface area contributed by atoms with Gasteiger partial charge >= 0.3 is 12.4 Å². The molecule has 0 radical (unpaired) electrons. The normalized spacial score (nSPS) is 19.9. The number of benzene rings is 1. The van der Waals surface area contributed by atoms with Gasteiger partial charge in [0.05, 0.1) is 16.1 Å². The zero-order valence-corrected chi connectivity index (χ0v) is 11.5. The van der Waals surface area contributed by atoms with Crippen LogP contribution in [0.4, 0.5) is 26.3 Å². The molecule has 20 heavy (non-hydrogen) atoms. The van der Waals surface area contributed by atoms with E-state index in [0.717, 1.165) is 24.3 Å². The second-order valence-electron chi connectivity index (χ2n) is 4.49. The van der Waals surface area contributed by atoms with E-state index in [-0.39, 0.29) is 17.2 Å². The van der Waals surface area contributed by atoms with Crippen molar-refractivity contribution in [2.24, 2.45) is 0 Å². The number of halogens is 7. The number of alkyl halides is 6. The van der Waals surface area contributed by atoms with E-state index in [1.54, 1.807) is 0 Å². The summed E-state index contributed by atoms with van der Waals surface area (Å²) in [6, 6.07) is 1.44. The predicted octanol–water partition coefficient (Wildman–Crippen LogP) is 5.43. The number of thioether (sulfide) groups is 1. The molecule has 1 aromatic carbocycles. The minimum absolute atomic E-state index is 0.0197. The fourth-order valence-electron chi connectivity index (χ4n) is 1.92. The van der Waals surface area contributed by atoms with Gasteiger partial charge in [-0.25, -0.2) is 0 Å². The molecule has 112 valence electrons. The molecule has 1 heterocycles. The molecule has 1 saturated heterocycles. The predicted molar refractivity (Wildman–Crippen MR) is 66.0 cm³/mol. The van der Waals surface area contributed by atoms with E-state index in [4.69, 9.17) is 11.6 Å². The van der Waals surface area contributed by atoms with Gasteiger partial charge in [0, 0.05) is 5.25 Å². The van der Waals surface area contributed by atoms with Gasteiger partial charge in [-0.1, -0.05) is 11.6 Å². The highest BCUT2D eigenvalue weighted by Crippen LogP contribution is 2.43. The van der Waals surface area contributed by atoms with E-state index in [1.165, 1.54) is 11.8 Å². The molecule has 0 N–H and O–H groups in total. The van der Waals surface area contributed by atoms with Crippen molar-refractivity contribution in [2.45, 2.75) is 30.4 Å². The van der Waals surface area contributed by atoms with Crippen LogP contribution in [0.15, 0.2) is 12.1 Å². The van der Waals surface area contributed by atoms with Crippen molar-refractivity contribution in [3.63, 3.8) is 0 Å². The molecule has 0 amide bonds. The van der Waals surface area contributed by atoms with Crippen LogP contribution in [0.1, 0.15) is 23.1 Å². The maximum atomic E-state index is 12.8. The van der Waals surface area contributed by atoms with Crippen molar-refractivity contribution in [2.75, 3.05) is 5.75 Å². The summed E-state index contributed by atoms with van der Waals surface area (Å²) < 4.78 is 76.6. The summed E-state index contributed by atoms with van der Waals surface area (Å²) in [5.74, 6) is 0.885. The molecule has 0 bridgehead atoms. The van der Waals surface area contributed by atoms with Crippen molar-refractivity contribution in [1.29, 1.82) is 0 Å². The first-order chi connectivity index (χ1) is 9.09. The van der Waals surface area contributed by atoms with Crippen molar-refractivity contribution < 1.29 is 26.3 Å². The van der Waals surface area contributed by atoms with Gasteiger partial charge < -0.3 is 0 Å². The molecule has 0 nitrogen and oxygen atoms in total. The monoisotopic (exact) mass is 334 g/mol. The maximum Gasteiger partial charge on any atom is 0.417 e. The van der Waals surface area contributed by atoms with Crippen LogP contribution in [0.25, 0.3) is 0 Å². The molecule has 0 spiro atoms. The van der Waals surface area contributed by atoms with Gasteiger partial charge in [-0.05, 0) is 36.3 Å². The van der Waals surface area contributed by atoms with Gasteiger partial charge in [-0.2, -0.15) is 38.1 Å². The van der Waals surface area contributed by atoms with E-state index in [0.29, 0.717) is 0 Å². The Kier molecular flexibility index (Phi) is 4.22. The van der Waals surface area contributed by atoms with Gasteiger partial charge in [0.2, 0.25) is 0 Å². The van der Waals surface area contributed by atoms with E-state index >= 15 is 0 Å². The Hall–Kier alpha value is -0.560. The van der Waals surface area contributed by atoms with Crippen LogP contribution in [0.2, 0.25) is 5.02 Å². The molecule has 0 saturated carbocycles. The molecular formula is C12H9ClF6S. The quantitative estimate of drug-likeness (QED) is 0.650. The maximum absolute atomic E-state index is 12.8. The third-order valence-electron chi connectivity index (χ3n) is 3.00. The van der Waals surface area contributed by atoms with Crippen molar-refractivity contribution in [1.82, 2.24) is 0 Å². The van der Waals surface area contributed by atoms with Gasteiger partial charge in [0.1, 0.15) is 0 Å². The number of hydrogen-bond donors (Lipinski definition) is 0. The summed E-state index contributed by atoms with van der Waals surface area (Å²) in [5, 5.41) is -1.20. The van der Waals surface area contributed by atoms with E-state index in [1.807, 2.05) is 0 Å². The summed E-state index contributed by atoms with van der Waals surface area (Å²) >= 11 is 6.82. The Morgan fingerprint density at radius 1 is 1.05 bits per heavy atom. The smallest absolute Gasteiger partial charge is 0.166 e. The molecule has 1 atom stereocenters. The van der Waals surface area contributed by atoms with Crippen LogP contribution in [0.5, 0.6) is 0 Å². The lowest BCUT2D eigenvalue weighted by atomic mass is 10.00. The third kappa shape index (κ3) is 3.36. The van der Waals surface area contributed by atoms with Gasteiger partial charge in [-0.3, -0.25) is 0 Å². The van der Waals surface area contributed by atoms with E-state index in [2.05, 4.69) is 0 Å². The summed E-state index contributed by atoms with van der Waals surface area (Å²) in [4.78, 5) is 0. The molecule has 0 aliphatic carbocycles. The lowest BCUT2D eigenvalue weighted by Crippen LogP contribution is -2.20. The highest BCUT2D eigenvalue weighted by atomic mass is 35.5. The zero-order chi connectivity index (χ0) is 15.1. The Balaban J connectivity index is 2.47. The standard InChI is InChI=1S/C12H9ClF6S/c13-10-8(11(14,15)16)4-6(3-7-1-2-20-7)5-9(10)12(17,18)19/h4-5,7H,1-3H2. The number of hydrogen-bond acceptors (Lipinski definition) is 1. The average Bonchev–Trinajstić information content (AvgIpc) is 2.21. The van der Waals surface area contributed by atoms with Crippen LogP contribution in [-0.2, 0) is 18.8 Å². The lowest BCUT2D eigenvalue weighted by Gasteiger charge is -2.26. The van der Waals surface area contributed by atoms with Crippen molar-refractivity contribution >= 4 is 23.4 Å². The molecule has 1 aliphatic rings. The first-order valence-electron chi connectivity index (χ1n) is 5.67. The molecule has 1 unspecified atom stereocenters. The van der Waals surface area contributed by atoms with Crippen LogP contribution in [0, 0.1) is 0 Å². The van der Waals surface area contributed by atoms with Gasteiger partial charge in [0.15, 0.2) is 0 Å². The Bertz CT molecular complexity index is 469. The van der Waals surface area contributed by atoms with E-state index < -0.39 is 28.5 Å². The largest absolute Gasteiger partial charge is 0.417 e. The van der Waals surface area contributed by atoms with Crippen molar-refractivity contribution in [3.8, 4) is 0 Å². The molecule has 2 rings (SSSR count). The summed E-state index contributed by atoms with van der Waals surface area (Å²) in [6.07, 6.45) is -8.82. The number of rotatable bonds is 2. The van der Waals surface area contributed by atoms with Crippen molar-refractivity contribution in [3.05, 3.63) is 33.8 Å². The molecule has 0 aromatic heterocycles. The fraction of sp³-hybridized carbons (Fsp3) is 0.500. The topological polar surface area (TPSA) is 0 Å². The third-order valence-corrected chi connectivity index (χ3v) is 4.75. The Labute approximate surface area is 120 Å². The molecule has 1 fully saturated rings. The molecule has 1 aromatic rings. The SMILES string of the molecule is FC(F)(F)c1cc(CC2CCS2)cc(C(F)(F)F)c1Cl. The van der Waals surface area contributed by atoms with Gasteiger partial charge in [-0.15, -0.1) is 0 Å². The average molecular weight is 335 g/mol. The zero-order valence-electron chi connectivity index (χ0n) is 9.91. The Morgan fingerprint density at radius 3 is 1.80 bits per heavy atom. The summed E-state index contributed by atoms with van der Waals surface area (Å²) in [5.41, 5.74) is -2.83. The molecular weight excluding hydrogens is 326 g/mol. The van der Waals surface area contributed by atoms with Crippen LogP contribution in [-0.4, -0.2) is 11.0 Å². The first-order valence-corrected chi connectivity index (χ1v) is 7.10. The minimum atomic E-state index is -4.90. The Morgan fingerprint density at radius 2 is 1.50 bits per heavy atom. The minimum Gasteiger partial charge on any atom is -0.166 e. The first kappa shape index (κ1) is 15.8. The molecule has 8 heteroatoms. The highest BCUT2D eigenvalue weighted by Gasteiger charge is 2.41. The van der Waals surface area contributed by atoms with Crippen LogP contribution >= 0.6 is 23.4 Å². The van der Waals surface area contributed by atoms with Gasteiger partial charge in [0.25, 0.3) is 0 Å². The van der Waals surface area contributed by atoms with E-state index in [9.17, 15) is 26.3 Å². The summed E-state index contributed by atoms with van der Waals surface area (Å²) in [6.45, 7) is 0. The molecule has 1 aliphatic heterocycles. The second kappa shape index (κ2) is 5.33. The van der Waals surface area contributed by atoms with Crippen LogP contribution < -0.4 is 0 Å². The summed E-state index contributed by atoms with van der Waals surface area (Å²) in [7, 11) is 0. The fourth-order valence-corrected chi connectivity index (χ4v) is 3.13. The van der Waals surface area contributed by atoms with Crippen LogP contribution in [0.3, 0.4) is 0 Å². The highest BCUT2D eigenvalue weighted by molar-refractivity contribution is 8.01. The lowest BCUT2D eigenvalue weighted by molar-refractivity contribution is -0.142. The second-order valence-corrected chi connectivity index (χ2v) is 6.27.